The summed E-state index contributed by atoms with van der Waals surface area (Å²) in [5, 5.41) is 0. The molecule has 2 heterocycles. The van der Waals surface area contributed by atoms with Crippen molar-refractivity contribution >= 4 is 5.91 Å². The summed E-state index contributed by atoms with van der Waals surface area (Å²) in [5.74, 6) is 0.529. The average Bonchev–Trinajstić information content (AvgIpc) is 2.24. The third kappa shape index (κ3) is 1.14. The van der Waals surface area contributed by atoms with Crippen LogP contribution in [0.3, 0.4) is 0 Å². The number of carbonyl (C=O) groups excluding carboxylic acids is 1. The summed E-state index contributed by atoms with van der Waals surface area (Å²) in [6, 6.07) is 8.71. The van der Waals surface area contributed by atoms with E-state index in [-0.39, 0.29) is 5.91 Å². The fraction of sp³-hybridized carbons (Fsp3) is 0.308. The molecule has 0 saturated carbocycles. The molecule has 0 radical (unpaired) electrons. The lowest BCUT2D eigenvalue weighted by Crippen LogP contribution is -2.46. The Morgan fingerprint density at radius 1 is 1.33 bits per heavy atom. The summed E-state index contributed by atoms with van der Waals surface area (Å²) in [6.07, 6.45) is 3.75. The smallest absolute Gasteiger partial charge is 0.246 e. The van der Waals surface area contributed by atoms with Crippen LogP contribution in [-0.2, 0) is 11.3 Å². The van der Waals surface area contributed by atoms with Crippen LogP contribution < -0.4 is 0 Å². The molecule has 0 spiro atoms. The molecule has 3 rings (SSSR count). The maximum absolute atomic E-state index is 11.7. The van der Waals surface area contributed by atoms with Crippen molar-refractivity contribution in [2.24, 2.45) is 0 Å². The predicted octanol–water partition coefficient (Wildman–Crippen LogP) is 2.07. The Hall–Kier alpha value is -1.57. The van der Waals surface area contributed by atoms with Crippen LogP contribution in [0, 0.1) is 0 Å². The largest absolute Gasteiger partial charge is 0.331 e. The van der Waals surface area contributed by atoms with Gasteiger partial charge in [0.05, 0.1) is 0 Å². The molecule has 2 aliphatic heterocycles. The van der Waals surface area contributed by atoms with Crippen molar-refractivity contribution in [2.75, 3.05) is 0 Å². The van der Waals surface area contributed by atoms with Crippen LogP contribution in [0.5, 0.6) is 0 Å². The van der Waals surface area contributed by atoms with Gasteiger partial charge in [-0.1, -0.05) is 30.3 Å². The Morgan fingerprint density at radius 2 is 2.13 bits per heavy atom. The summed E-state index contributed by atoms with van der Waals surface area (Å²) < 4.78 is 0. The molecule has 2 heteroatoms. The number of amides is 1. The van der Waals surface area contributed by atoms with E-state index in [1.807, 2.05) is 17.0 Å². The summed E-state index contributed by atoms with van der Waals surface area (Å²) in [4.78, 5) is 13.6. The Balaban J connectivity index is 2.17. The van der Waals surface area contributed by atoms with Gasteiger partial charge in [0.2, 0.25) is 5.91 Å². The van der Waals surface area contributed by atoms with E-state index in [2.05, 4.69) is 25.1 Å². The lowest BCUT2D eigenvalue weighted by atomic mass is 9.82. The number of nitrogens with zero attached hydrogens (tertiary/aromatic N) is 1. The van der Waals surface area contributed by atoms with E-state index in [0.29, 0.717) is 12.0 Å². The lowest BCUT2D eigenvalue weighted by molar-refractivity contribution is -0.130. The molecular weight excluding hydrogens is 186 g/mol. The lowest BCUT2D eigenvalue weighted by Gasteiger charge is -2.41. The van der Waals surface area contributed by atoms with Gasteiger partial charge in [-0.3, -0.25) is 4.79 Å². The molecule has 2 bridgehead atoms. The number of benzene rings is 1. The predicted molar refractivity (Wildman–Crippen MR) is 58.3 cm³/mol. The van der Waals surface area contributed by atoms with Crippen LogP contribution in [-0.4, -0.2) is 16.8 Å². The SMILES string of the molecule is C[C@H]1[C@H]2C=CC(=O)N1Cc1ccccc12. The second kappa shape index (κ2) is 2.96. The molecule has 76 valence electrons. The van der Waals surface area contributed by atoms with Crippen LogP contribution in [0.15, 0.2) is 36.4 Å². The van der Waals surface area contributed by atoms with Crippen molar-refractivity contribution in [1.82, 2.24) is 4.90 Å². The number of fused-ring (bicyclic) bond motifs is 4. The molecule has 0 saturated heterocycles. The van der Waals surface area contributed by atoms with Crippen molar-refractivity contribution in [1.29, 1.82) is 0 Å². The molecule has 0 aromatic heterocycles. The van der Waals surface area contributed by atoms with E-state index < -0.39 is 0 Å². The highest BCUT2D eigenvalue weighted by atomic mass is 16.2. The van der Waals surface area contributed by atoms with Gasteiger partial charge < -0.3 is 4.90 Å². The number of carbonyl (C=O) groups is 1. The first-order chi connectivity index (χ1) is 7.27. The van der Waals surface area contributed by atoms with Gasteiger partial charge in [0.15, 0.2) is 0 Å². The minimum Gasteiger partial charge on any atom is -0.331 e. The fourth-order valence-electron chi connectivity index (χ4n) is 2.61. The third-order valence-electron chi connectivity index (χ3n) is 3.50. The zero-order valence-electron chi connectivity index (χ0n) is 8.68. The summed E-state index contributed by atoms with van der Waals surface area (Å²) in [6.45, 7) is 2.89. The van der Waals surface area contributed by atoms with Crippen molar-refractivity contribution in [3.63, 3.8) is 0 Å². The Kier molecular flexibility index (Phi) is 1.72. The quantitative estimate of drug-likeness (QED) is 0.626. The van der Waals surface area contributed by atoms with Crippen LogP contribution in [0.25, 0.3) is 0 Å². The molecule has 1 aromatic carbocycles. The zero-order chi connectivity index (χ0) is 10.4. The average molecular weight is 199 g/mol. The highest BCUT2D eigenvalue weighted by Crippen LogP contribution is 2.36. The van der Waals surface area contributed by atoms with Crippen LogP contribution in [0.4, 0.5) is 0 Å². The topological polar surface area (TPSA) is 20.3 Å². The first kappa shape index (κ1) is 8.72. The van der Waals surface area contributed by atoms with E-state index in [1.165, 1.54) is 11.1 Å². The normalized spacial score (nSPS) is 27.8. The molecular formula is C13H13NO. The molecule has 0 N–H and O–H groups in total. The minimum atomic E-state index is 0.147. The van der Waals surface area contributed by atoms with E-state index in [1.54, 1.807) is 6.08 Å². The summed E-state index contributed by atoms with van der Waals surface area (Å²) >= 11 is 0. The monoisotopic (exact) mass is 199 g/mol. The van der Waals surface area contributed by atoms with Gasteiger partial charge in [-0.25, -0.2) is 0 Å². The summed E-state index contributed by atoms with van der Waals surface area (Å²) in [5.41, 5.74) is 2.67. The first-order valence-corrected chi connectivity index (χ1v) is 5.34. The maximum Gasteiger partial charge on any atom is 0.246 e. The second-order valence-electron chi connectivity index (χ2n) is 4.29. The van der Waals surface area contributed by atoms with Crippen LogP contribution in [0.1, 0.15) is 24.0 Å². The molecule has 1 aromatic rings. The number of rotatable bonds is 0. The van der Waals surface area contributed by atoms with Gasteiger partial charge in [0, 0.05) is 18.5 Å². The van der Waals surface area contributed by atoms with Crippen molar-refractivity contribution in [3.05, 3.63) is 47.5 Å². The highest BCUT2D eigenvalue weighted by molar-refractivity contribution is 5.89. The molecule has 0 fully saturated rings. The van der Waals surface area contributed by atoms with Crippen LogP contribution in [0.2, 0.25) is 0 Å². The fourth-order valence-corrected chi connectivity index (χ4v) is 2.61. The zero-order valence-corrected chi connectivity index (χ0v) is 8.68. The Morgan fingerprint density at radius 3 is 3.00 bits per heavy atom. The van der Waals surface area contributed by atoms with Gasteiger partial charge in [0.25, 0.3) is 0 Å². The number of hydrogen-bond donors (Lipinski definition) is 0. The van der Waals surface area contributed by atoms with Crippen molar-refractivity contribution in [3.8, 4) is 0 Å². The van der Waals surface area contributed by atoms with Gasteiger partial charge in [-0.05, 0) is 24.1 Å². The van der Waals surface area contributed by atoms with Crippen molar-refractivity contribution < 1.29 is 4.79 Å². The Labute approximate surface area is 89.2 Å². The van der Waals surface area contributed by atoms with Gasteiger partial charge >= 0.3 is 0 Å². The number of hydrogen-bond acceptors (Lipinski definition) is 1. The molecule has 0 unspecified atom stereocenters. The van der Waals surface area contributed by atoms with Crippen LogP contribution >= 0.6 is 0 Å². The molecule has 2 atom stereocenters. The molecule has 15 heavy (non-hydrogen) atoms. The maximum atomic E-state index is 11.7. The van der Waals surface area contributed by atoms with Gasteiger partial charge in [0.1, 0.15) is 0 Å². The molecule has 1 amide bonds. The van der Waals surface area contributed by atoms with Crippen molar-refractivity contribution in [2.45, 2.75) is 25.4 Å². The summed E-state index contributed by atoms with van der Waals surface area (Å²) in [7, 11) is 0. The Bertz CT molecular complexity index is 450. The van der Waals surface area contributed by atoms with E-state index >= 15 is 0 Å². The molecule has 2 aliphatic rings. The van der Waals surface area contributed by atoms with E-state index in [0.717, 1.165) is 6.54 Å². The highest BCUT2D eigenvalue weighted by Gasteiger charge is 2.35. The standard InChI is InChI=1S/C13H13NO/c1-9-11-6-7-13(15)14(9)8-10-4-2-3-5-12(10)11/h2-7,9,11H,8H2,1H3/t9-,11+/m0/s1. The first-order valence-electron chi connectivity index (χ1n) is 5.34. The van der Waals surface area contributed by atoms with E-state index in [9.17, 15) is 4.79 Å². The van der Waals surface area contributed by atoms with Gasteiger partial charge in [-0.2, -0.15) is 0 Å². The third-order valence-corrected chi connectivity index (χ3v) is 3.50. The second-order valence-corrected chi connectivity index (χ2v) is 4.29. The minimum absolute atomic E-state index is 0.147. The van der Waals surface area contributed by atoms with E-state index in [4.69, 9.17) is 0 Å². The molecule has 2 nitrogen and oxygen atoms in total. The molecule has 0 aliphatic carbocycles. The van der Waals surface area contributed by atoms with Gasteiger partial charge in [-0.15, -0.1) is 0 Å².